The maximum atomic E-state index is 12.2. The normalized spacial score (nSPS) is 23.1. The van der Waals surface area contributed by atoms with E-state index in [9.17, 15) is 4.79 Å². The van der Waals surface area contributed by atoms with Crippen molar-refractivity contribution in [3.63, 3.8) is 0 Å². The van der Waals surface area contributed by atoms with Crippen LogP contribution in [0.1, 0.15) is 48.5 Å². The molecular weight excluding hydrogens is 236 g/mol. The van der Waals surface area contributed by atoms with E-state index in [-0.39, 0.29) is 5.91 Å². The molecule has 1 aromatic carbocycles. The van der Waals surface area contributed by atoms with Gasteiger partial charge in [-0.1, -0.05) is 31.4 Å². The summed E-state index contributed by atoms with van der Waals surface area (Å²) < 4.78 is 0. The third-order valence-electron chi connectivity index (χ3n) is 4.05. The van der Waals surface area contributed by atoms with Crippen LogP contribution in [0.5, 0.6) is 0 Å². The van der Waals surface area contributed by atoms with Gasteiger partial charge in [0.25, 0.3) is 5.91 Å². The van der Waals surface area contributed by atoms with Crippen molar-refractivity contribution in [1.82, 2.24) is 5.32 Å². The molecule has 0 bridgehead atoms. The van der Waals surface area contributed by atoms with Crippen molar-refractivity contribution in [2.75, 3.05) is 12.3 Å². The van der Waals surface area contributed by atoms with Crippen LogP contribution < -0.4 is 11.1 Å². The molecule has 0 spiro atoms. The van der Waals surface area contributed by atoms with E-state index in [1.54, 1.807) is 6.07 Å². The SMILES string of the molecule is Cc1ccc(N)c(C(=O)NCC2CCCC(C)C2)c1. The highest BCUT2D eigenvalue weighted by Gasteiger charge is 2.19. The summed E-state index contributed by atoms with van der Waals surface area (Å²) in [5.41, 5.74) is 8.08. The van der Waals surface area contributed by atoms with Gasteiger partial charge in [0, 0.05) is 12.2 Å². The second kappa shape index (κ2) is 6.09. The highest BCUT2D eigenvalue weighted by molar-refractivity contribution is 5.99. The molecule has 2 atom stereocenters. The molecule has 0 radical (unpaired) electrons. The fourth-order valence-electron chi connectivity index (χ4n) is 2.94. The number of nitrogen functional groups attached to an aromatic ring is 1. The Morgan fingerprint density at radius 2 is 2.21 bits per heavy atom. The summed E-state index contributed by atoms with van der Waals surface area (Å²) in [4.78, 5) is 12.2. The molecule has 1 aliphatic rings. The van der Waals surface area contributed by atoms with Gasteiger partial charge in [0.2, 0.25) is 0 Å². The average molecular weight is 260 g/mol. The Morgan fingerprint density at radius 1 is 1.42 bits per heavy atom. The third kappa shape index (κ3) is 3.72. The Hall–Kier alpha value is -1.51. The van der Waals surface area contributed by atoms with Crippen LogP contribution in [-0.4, -0.2) is 12.5 Å². The van der Waals surface area contributed by atoms with Gasteiger partial charge in [-0.2, -0.15) is 0 Å². The molecule has 0 heterocycles. The Morgan fingerprint density at radius 3 is 2.95 bits per heavy atom. The van der Waals surface area contributed by atoms with Crippen molar-refractivity contribution in [3.8, 4) is 0 Å². The summed E-state index contributed by atoms with van der Waals surface area (Å²) in [5.74, 6) is 1.37. The van der Waals surface area contributed by atoms with Crippen LogP contribution in [0.15, 0.2) is 18.2 Å². The molecule has 2 unspecified atom stereocenters. The van der Waals surface area contributed by atoms with Gasteiger partial charge in [-0.3, -0.25) is 4.79 Å². The molecule has 19 heavy (non-hydrogen) atoms. The van der Waals surface area contributed by atoms with E-state index >= 15 is 0 Å². The van der Waals surface area contributed by atoms with Crippen molar-refractivity contribution >= 4 is 11.6 Å². The molecule has 1 aliphatic carbocycles. The van der Waals surface area contributed by atoms with Crippen LogP contribution in [0.2, 0.25) is 0 Å². The predicted molar refractivity (Wildman–Crippen MR) is 79.0 cm³/mol. The van der Waals surface area contributed by atoms with E-state index in [1.165, 1.54) is 25.7 Å². The van der Waals surface area contributed by atoms with Gasteiger partial charge in [-0.25, -0.2) is 0 Å². The lowest BCUT2D eigenvalue weighted by Gasteiger charge is -2.26. The summed E-state index contributed by atoms with van der Waals surface area (Å²) in [6.07, 6.45) is 5.07. The van der Waals surface area contributed by atoms with Crippen LogP contribution in [0.25, 0.3) is 0 Å². The van der Waals surface area contributed by atoms with Crippen molar-refractivity contribution in [2.24, 2.45) is 11.8 Å². The lowest BCUT2D eigenvalue weighted by Crippen LogP contribution is -2.31. The summed E-state index contributed by atoms with van der Waals surface area (Å²) >= 11 is 0. The summed E-state index contributed by atoms with van der Waals surface area (Å²) in [5, 5.41) is 3.04. The van der Waals surface area contributed by atoms with Gasteiger partial charge in [0.1, 0.15) is 0 Å². The summed E-state index contributed by atoms with van der Waals surface area (Å²) in [6, 6.07) is 5.58. The molecule has 1 aromatic rings. The van der Waals surface area contributed by atoms with Gasteiger partial charge in [0.15, 0.2) is 0 Å². The van der Waals surface area contributed by atoms with E-state index in [0.29, 0.717) is 17.2 Å². The molecular formula is C16H24N2O. The van der Waals surface area contributed by atoms with E-state index in [2.05, 4.69) is 12.2 Å². The Balaban J connectivity index is 1.92. The highest BCUT2D eigenvalue weighted by Crippen LogP contribution is 2.28. The lowest BCUT2D eigenvalue weighted by atomic mass is 9.82. The minimum Gasteiger partial charge on any atom is -0.398 e. The molecule has 1 fully saturated rings. The standard InChI is InChI=1S/C16H24N2O/c1-11-4-3-5-13(8-11)10-18-16(19)14-9-12(2)6-7-15(14)17/h6-7,9,11,13H,3-5,8,10,17H2,1-2H3,(H,18,19). The summed E-state index contributed by atoms with van der Waals surface area (Å²) in [6.45, 7) is 5.04. The molecule has 2 rings (SSSR count). The first-order valence-corrected chi connectivity index (χ1v) is 7.20. The second-order valence-electron chi connectivity index (χ2n) is 5.94. The van der Waals surface area contributed by atoms with Gasteiger partial charge < -0.3 is 11.1 Å². The zero-order chi connectivity index (χ0) is 13.8. The molecule has 0 aliphatic heterocycles. The molecule has 104 valence electrons. The van der Waals surface area contributed by atoms with Crippen LogP contribution in [0, 0.1) is 18.8 Å². The lowest BCUT2D eigenvalue weighted by molar-refractivity contribution is 0.0941. The maximum Gasteiger partial charge on any atom is 0.253 e. The Kier molecular flexibility index (Phi) is 4.46. The number of benzene rings is 1. The van der Waals surface area contributed by atoms with Crippen LogP contribution in [-0.2, 0) is 0 Å². The zero-order valence-corrected chi connectivity index (χ0v) is 11.9. The molecule has 0 saturated heterocycles. The molecule has 3 nitrogen and oxygen atoms in total. The molecule has 3 N–H and O–H groups in total. The van der Waals surface area contributed by atoms with Gasteiger partial charge in [-0.15, -0.1) is 0 Å². The number of carbonyl (C=O) groups excluding carboxylic acids is 1. The number of hydrogen-bond donors (Lipinski definition) is 2. The number of hydrogen-bond acceptors (Lipinski definition) is 2. The first-order valence-electron chi connectivity index (χ1n) is 7.20. The van der Waals surface area contributed by atoms with E-state index in [1.807, 2.05) is 19.1 Å². The fraction of sp³-hybridized carbons (Fsp3) is 0.562. The highest BCUT2D eigenvalue weighted by atomic mass is 16.1. The minimum atomic E-state index is -0.0422. The number of amides is 1. The topological polar surface area (TPSA) is 55.1 Å². The number of rotatable bonds is 3. The van der Waals surface area contributed by atoms with Crippen molar-refractivity contribution in [3.05, 3.63) is 29.3 Å². The van der Waals surface area contributed by atoms with Crippen LogP contribution in [0.4, 0.5) is 5.69 Å². The minimum absolute atomic E-state index is 0.0422. The number of nitrogens with two attached hydrogens (primary N) is 1. The number of aryl methyl sites for hydroxylation is 1. The summed E-state index contributed by atoms with van der Waals surface area (Å²) in [7, 11) is 0. The zero-order valence-electron chi connectivity index (χ0n) is 11.9. The van der Waals surface area contributed by atoms with E-state index in [0.717, 1.165) is 18.0 Å². The van der Waals surface area contributed by atoms with E-state index in [4.69, 9.17) is 5.73 Å². The van der Waals surface area contributed by atoms with E-state index < -0.39 is 0 Å². The monoisotopic (exact) mass is 260 g/mol. The number of carbonyl (C=O) groups is 1. The second-order valence-corrected chi connectivity index (χ2v) is 5.94. The number of anilines is 1. The Labute approximate surface area is 115 Å². The molecule has 1 amide bonds. The average Bonchev–Trinajstić information content (AvgIpc) is 2.39. The van der Waals surface area contributed by atoms with Gasteiger partial charge >= 0.3 is 0 Å². The first-order chi connectivity index (χ1) is 9.06. The van der Waals surface area contributed by atoms with Gasteiger partial charge in [0.05, 0.1) is 5.56 Å². The quantitative estimate of drug-likeness (QED) is 0.820. The van der Waals surface area contributed by atoms with Crippen molar-refractivity contribution in [2.45, 2.75) is 39.5 Å². The smallest absolute Gasteiger partial charge is 0.253 e. The van der Waals surface area contributed by atoms with Crippen LogP contribution in [0.3, 0.4) is 0 Å². The fourth-order valence-corrected chi connectivity index (χ4v) is 2.94. The van der Waals surface area contributed by atoms with Crippen molar-refractivity contribution in [1.29, 1.82) is 0 Å². The number of nitrogens with one attached hydrogen (secondary N) is 1. The maximum absolute atomic E-state index is 12.2. The molecule has 3 heteroatoms. The van der Waals surface area contributed by atoms with Gasteiger partial charge in [-0.05, 0) is 43.7 Å². The van der Waals surface area contributed by atoms with Crippen LogP contribution >= 0.6 is 0 Å². The van der Waals surface area contributed by atoms with Crippen molar-refractivity contribution < 1.29 is 4.79 Å². The third-order valence-corrected chi connectivity index (χ3v) is 4.05. The first kappa shape index (κ1) is 13.9. The molecule has 0 aromatic heterocycles. The predicted octanol–water partition coefficient (Wildman–Crippen LogP) is 3.13. The molecule has 1 saturated carbocycles. The Bertz CT molecular complexity index is 456. The largest absolute Gasteiger partial charge is 0.398 e.